The second-order valence-electron chi connectivity index (χ2n) is 7.76. The second kappa shape index (κ2) is 6.69. The van der Waals surface area contributed by atoms with E-state index in [0.29, 0.717) is 41.2 Å². The van der Waals surface area contributed by atoms with Crippen molar-refractivity contribution < 1.29 is 23.1 Å². The number of urea groups is 1. The van der Waals surface area contributed by atoms with E-state index in [1.165, 1.54) is 23.4 Å². The fourth-order valence-corrected chi connectivity index (χ4v) is 3.91. The summed E-state index contributed by atoms with van der Waals surface area (Å²) in [6.07, 6.45) is -1.20. The highest BCUT2D eigenvalue weighted by Crippen LogP contribution is 2.55. The summed E-state index contributed by atoms with van der Waals surface area (Å²) in [5, 5.41) is 26.6. The van der Waals surface area contributed by atoms with Crippen molar-refractivity contribution in [3.05, 3.63) is 24.0 Å². The molecule has 6 N–H and O–H groups in total. The summed E-state index contributed by atoms with van der Waals surface area (Å²) in [4.78, 5) is 18.4. The Labute approximate surface area is 169 Å². The molecule has 1 spiro atoms. The highest BCUT2D eigenvalue weighted by Gasteiger charge is 2.65. The molecule has 1 unspecified atom stereocenters. The van der Waals surface area contributed by atoms with E-state index in [-0.39, 0.29) is 6.54 Å². The van der Waals surface area contributed by atoms with Crippen LogP contribution in [0.15, 0.2) is 18.5 Å². The van der Waals surface area contributed by atoms with E-state index in [2.05, 4.69) is 20.5 Å². The molecule has 2 aliphatic rings. The summed E-state index contributed by atoms with van der Waals surface area (Å²) in [6, 6.07) is 0.958. The zero-order valence-corrected chi connectivity index (χ0v) is 15.8. The Bertz CT molecular complexity index is 1000. The Morgan fingerprint density at radius 2 is 2.10 bits per heavy atom. The first-order valence-corrected chi connectivity index (χ1v) is 9.26. The molecule has 160 valence electrons. The molecule has 2 fully saturated rings. The van der Waals surface area contributed by atoms with Crippen LogP contribution in [0.4, 0.5) is 29.3 Å². The molecule has 3 heterocycles. The van der Waals surface area contributed by atoms with Gasteiger partial charge in [0.15, 0.2) is 5.60 Å². The molecular formula is C18H20F3N7O2. The van der Waals surface area contributed by atoms with Gasteiger partial charge < -0.3 is 26.5 Å². The second-order valence-corrected chi connectivity index (χ2v) is 7.76. The highest BCUT2D eigenvalue weighted by molar-refractivity contribution is 5.94. The van der Waals surface area contributed by atoms with Crippen molar-refractivity contribution in [2.45, 2.75) is 43.0 Å². The van der Waals surface area contributed by atoms with Gasteiger partial charge in [0.25, 0.3) is 0 Å². The average molecular weight is 423 g/mol. The van der Waals surface area contributed by atoms with Crippen molar-refractivity contribution in [3.63, 3.8) is 0 Å². The molecule has 0 aromatic carbocycles. The monoisotopic (exact) mass is 423 g/mol. The van der Waals surface area contributed by atoms with E-state index in [1.807, 2.05) is 0 Å². The summed E-state index contributed by atoms with van der Waals surface area (Å²) in [5.74, 6) is 0. The highest BCUT2D eigenvalue weighted by atomic mass is 19.4. The third kappa shape index (κ3) is 3.26. The van der Waals surface area contributed by atoms with Crippen molar-refractivity contribution in [1.82, 2.24) is 20.1 Å². The number of hydrogen-bond donors (Lipinski definition) is 5. The number of anilines is 2. The lowest BCUT2D eigenvalue weighted by atomic mass is 9.84. The van der Waals surface area contributed by atoms with Crippen molar-refractivity contribution in [1.29, 1.82) is 5.41 Å². The van der Waals surface area contributed by atoms with Crippen LogP contribution in [0.2, 0.25) is 0 Å². The van der Waals surface area contributed by atoms with Gasteiger partial charge in [-0.3, -0.25) is 10.1 Å². The lowest BCUT2D eigenvalue weighted by Gasteiger charge is -2.45. The number of halogens is 3. The minimum Gasteiger partial charge on any atom is -0.398 e. The van der Waals surface area contributed by atoms with Crippen molar-refractivity contribution in [2.75, 3.05) is 17.6 Å². The Morgan fingerprint density at radius 3 is 2.70 bits per heavy atom. The topological polar surface area (TPSA) is 144 Å². The van der Waals surface area contributed by atoms with E-state index >= 15 is 0 Å². The van der Waals surface area contributed by atoms with Crippen molar-refractivity contribution >= 4 is 23.6 Å². The number of nitrogens with zero attached hydrogens (tertiary/aromatic N) is 3. The van der Waals surface area contributed by atoms with Crippen LogP contribution in [0.5, 0.6) is 0 Å². The number of pyridine rings is 1. The average Bonchev–Trinajstić information content (AvgIpc) is 3.26. The first-order valence-electron chi connectivity index (χ1n) is 9.26. The van der Waals surface area contributed by atoms with Gasteiger partial charge in [0, 0.05) is 48.6 Å². The standard InChI is InChI=1S/C18H20F3N7O2/c19-18(20,21)17(30)3-4-28(16(9-17)1-2-16)15(29)26-13-8-25-27-14(13)12-5-11(23)10(6-22)7-24-12/h5-8,22,30H,1-4,9H2,(H2,23,24)(H,25,27)(H,26,29). The van der Waals surface area contributed by atoms with Crippen LogP contribution in [0.1, 0.15) is 31.2 Å². The first kappa shape index (κ1) is 20.1. The smallest absolute Gasteiger partial charge is 0.398 e. The quantitative estimate of drug-likeness (QED) is 0.482. The number of likely N-dealkylation sites (tertiary alicyclic amines) is 1. The molecule has 0 bridgehead atoms. The molecule has 1 aliphatic carbocycles. The Kier molecular flexibility index (Phi) is 4.49. The molecule has 1 atom stereocenters. The Hall–Kier alpha value is -3.15. The number of hydrogen-bond acceptors (Lipinski definition) is 6. The minimum atomic E-state index is -4.74. The van der Waals surface area contributed by atoms with E-state index < -0.39 is 36.2 Å². The number of alkyl halides is 3. The molecule has 4 rings (SSSR count). The maximum Gasteiger partial charge on any atom is 0.417 e. The molecule has 12 heteroatoms. The zero-order chi connectivity index (χ0) is 21.7. The number of carbonyl (C=O) groups excluding carboxylic acids is 1. The van der Waals surface area contributed by atoms with Gasteiger partial charge in [0.2, 0.25) is 0 Å². The van der Waals surface area contributed by atoms with Crippen LogP contribution in [0.25, 0.3) is 11.4 Å². The molecule has 1 aliphatic heterocycles. The van der Waals surface area contributed by atoms with Crippen molar-refractivity contribution in [2.24, 2.45) is 0 Å². The number of piperidine rings is 1. The zero-order valence-electron chi connectivity index (χ0n) is 15.8. The predicted molar refractivity (Wildman–Crippen MR) is 102 cm³/mol. The number of aromatic amines is 1. The van der Waals surface area contributed by atoms with Crippen LogP contribution in [0.3, 0.4) is 0 Å². The SMILES string of the molecule is N=Cc1cnc(-c2[nH]ncc2NC(=O)N2CCC(O)(C(F)(F)F)CC23CC3)cc1N. The minimum absolute atomic E-state index is 0.214. The molecule has 2 aromatic heterocycles. The molecule has 2 amide bonds. The number of amides is 2. The molecular weight excluding hydrogens is 403 g/mol. The Balaban J connectivity index is 1.53. The van der Waals surface area contributed by atoms with Crippen LogP contribution >= 0.6 is 0 Å². The number of aliphatic hydroxyl groups is 1. The number of nitrogens with one attached hydrogen (secondary N) is 3. The number of carbonyl (C=O) groups is 1. The van der Waals surface area contributed by atoms with Gasteiger partial charge in [-0.2, -0.15) is 18.3 Å². The van der Waals surface area contributed by atoms with E-state index in [1.54, 1.807) is 0 Å². The van der Waals surface area contributed by atoms with Gasteiger partial charge in [-0.15, -0.1) is 0 Å². The fourth-order valence-electron chi connectivity index (χ4n) is 3.91. The summed E-state index contributed by atoms with van der Waals surface area (Å²) >= 11 is 0. The van der Waals surface area contributed by atoms with Gasteiger partial charge in [0.05, 0.1) is 17.6 Å². The Morgan fingerprint density at radius 1 is 1.37 bits per heavy atom. The largest absolute Gasteiger partial charge is 0.417 e. The van der Waals surface area contributed by atoms with Gasteiger partial charge in [-0.25, -0.2) is 4.79 Å². The number of aromatic nitrogens is 3. The van der Waals surface area contributed by atoms with Gasteiger partial charge in [-0.1, -0.05) is 0 Å². The van der Waals surface area contributed by atoms with Crippen LogP contribution in [0, 0.1) is 5.41 Å². The van der Waals surface area contributed by atoms with Crippen LogP contribution < -0.4 is 11.1 Å². The predicted octanol–water partition coefficient (Wildman–Crippen LogP) is 2.51. The van der Waals surface area contributed by atoms with Gasteiger partial charge in [0.1, 0.15) is 5.69 Å². The number of H-pyrrole nitrogens is 1. The molecule has 30 heavy (non-hydrogen) atoms. The van der Waals surface area contributed by atoms with E-state index in [0.717, 1.165) is 6.21 Å². The molecule has 2 aromatic rings. The fraction of sp³-hybridized carbons (Fsp3) is 0.444. The van der Waals surface area contributed by atoms with E-state index in [9.17, 15) is 23.1 Å². The third-order valence-corrected chi connectivity index (χ3v) is 5.80. The lowest BCUT2D eigenvalue weighted by molar-refractivity contribution is -0.277. The molecule has 1 saturated carbocycles. The molecule has 9 nitrogen and oxygen atoms in total. The maximum absolute atomic E-state index is 13.2. The van der Waals surface area contributed by atoms with Gasteiger partial charge >= 0.3 is 12.2 Å². The molecule has 1 saturated heterocycles. The summed E-state index contributed by atoms with van der Waals surface area (Å²) in [5.41, 5.74) is 3.91. The number of nitrogen functional groups attached to an aromatic ring is 1. The number of rotatable bonds is 3. The first-order chi connectivity index (χ1) is 14.1. The lowest BCUT2D eigenvalue weighted by Crippen LogP contribution is -2.60. The number of nitrogens with two attached hydrogens (primary N) is 1. The third-order valence-electron chi connectivity index (χ3n) is 5.80. The van der Waals surface area contributed by atoms with Gasteiger partial charge in [-0.05, 0) is 18.9 Å². The summed E-state index contributed by atoms with van der Waals surface area (Å²) in [7, 11) is 0. The summed E-state index contributed by atoms with van der Waals surface area (Å²) < 4.78 is 39.7. The maximum atomic E-state index is 13.2. The van der Waals surface area contributed by atoms with Crippen LogP contribution in [-0.4, -0.2) is 61.3 Å². The summed E-state index contributed by atoms with van der Waals surface area (Å²) in [6.45, 7) is -0.214. The normalized spacial score (nSPS) is 22.7. The molecule has 0 radical (unpaired) electrons. The van der Waals surface area contributed by atoms with Crippen molar-refractivity contribution in [3.8, 4) is 11.4 Å². The van der Waals surface area contributed by atoms with Crippen LogP contribution in [-0.2, 0) is 0 Å². The van der Waals surface area contributed by atoms with E-state index in [4.69, 9.17) is 11.1 Å².